The number of carbonyl (C=O) groups excluding carboxylic acids is 1. The molecule has 25 heavy (non-hydrogen) atoms. The summed E-state index contributed by atoms with van der Waals surface area (Å²) in [6.45, 7) is 7.97. The molecule has 1 fully saturated rings. The third-order valence-electron chi connectivity index (χ3n) is 4.27. The van der Waals surface area contributed by atoms with Gasteiger partial charge >= 0.3 is 0 Å². The standard InChI is InChI=1S/C18H29N3O3S/c1-13(19)16-7-5-6-12-21(16)17(22)14-8-10-15(11-9-14)25(23,24)20-18(2,3)4/h8-11,13,16,20H,5-7,12,19H2,1-4H3. The number of amides is 1. The Hall–Kier alpha value is -1.44. The van der Waals surface area contributed by atoms with Crippen LogP contribution in [0.15, 0.2) is 29.2 Å². The Morgan fingerprint density at radius 3 is 2.36 bits per heavy atom. The second-order valence-electron chi connectivity index (χ2n) is 7.80. The van der Waals surface area contributed by atoms with Gasteiger partial charge in [-0.2, -0.15) is 0 Å². The van der Waals surface area contributed by atoms with E-state index < -0.39 is 15.6 Å². The number of nitrogens with one attached hydrogen (secondary N) is 1. The van der Waals surface area contributed by atoms with Crippen LogP contribution in [0.1, 0.15) is 57.3 Å². The van der Waals surface area contributed by atoms with Gasteiger partial charge in [0, 0.05) is 29.7 Å². The van der Waals surface area contributed by atoms with Gasteiger partial charge in [-0.15, -0.1) is 0 Å². The molecule has 7 heteroatoms. The summed E-state index contributed by atoms with van der Waals surface area (Å²) in [5.74, 6) is -0.0882. The molecule has 1 heterocycles. The minimum absolute atomic E-state index is 0.0345. The molecule has 2 unspecified atom stereocenters. The Bertz CT molecular complexity index is 706. The zero-order chi connectivity index (χ0) is 18.8. The highest BCUT2D eigenvalue weighted by Crippen LogP contribution is 2.22. The molecule has 0 radical (unpaired) electrons. The maximum absolute atomic E-state index is 12.8. The molecule has 1 saturated heterocycles. The van der Waals surface area contributed by atoms with Crippen LogP contribution in [-0.4, -0.2) is 43.4 Å². The zero-order valence-electron chi connectivity index (χ0n) is 15.5. The van der Waals surface area contributed by atoms with E-state index in [0.717, 1.165) is 19.3 Å². The number of benzene rings is 1. The summed E-state index contributed by atoms with van der Waals surface area (Å²) in [4.78, 5) is 14.8. The molecule has 3 N–H and O–H groups in total. The number of hydrogen-bond acceptors (Lipinski definition) is 4. The van der Waals surface area contributed by atoms with Gasteiger partial charge in [0.25, 0.3) is 5.91 Å². The van der Waals surface area contributed by atoms with Crippen LogP contribution in [0.2, 0.25) is 0 Å². The van der Waals surface area contributed by atoms with Crippen molar-refractivity contribution in [1.29, 1.82) is 0 Å². The van der Waals surface area contributed by atoms with Crippen molar-refractivity contribution in [2.45, 2.75) is 69.5 Å². The van der Waals surface area contributed by atoms with Gasteiger partial charge in [-0.25, -0.2) is 13.1 Å². The summed E-state index contributed by atoms with van der Waals surface area (Å²) in [6.07, 6.45) is 2.95. The number of piperidine rings is 1. The van der Waals surface area contributed by atoms with Crippen LogP contribution in [0.3, 0.4) is 0 Å². The first-order chi connectivity index (χ1) is 11.5. The highest BCUT2D eigenvalue weighted by Gasteiger charge is 2.30. The number of rotatable bonds is 4. The molecule has 1 aliphatic heterocycles. The normalized spacial score (nSPS) is 20.4. The molecule has 1 amide bonds. The summed E-state index contributed by atoms with van der Waals surface area (Å²) in [5, 5.41) is 0. The summed E-state index contributed by atoms with van der Waals surface area (Å²) in [6, 6.07) is 6.06. The lowest BCUT2D eigenvalue weighted by molar-refractivity contribution is 0.0583. The van der Waals surface area contributed by atoms with E-state index in [0.29, 0.717) is 12.1 Å². The number of sulfonamides is 1. The maximum atomic E-state index is 12.8. The molecule has 0 aliphatic carbocycles. The zero-order valence-corrected chi connectivity index (χ0v) is 16.3. The Morgan fingerprint density at radius 2 is 1.84 bits per heavy atom. The summed E-state index contributed by atoms with van der Waals surface area (Å²) >= 11 is 0. The number of nitrogens with zero attached hydrogens (tertiary/aromatic N) is 1. The van der Waals surface area contributed by atoms with Crippen molar-refractivity contribution in [3.05, 3.63) is 29.8 Å². The van der Waals surface area contributed by atoms with Crippen LogP contribution in [0.5, 0.6) is 0 Å². The van der Waals surface area contributed by atoms with E-state index >= 15 is 0 Å². The van der Waals surface area contributed by atoms with Crippen LogP contribution in [0.4, 0.5) is 0 Å². The molecular weight excluding hydrogens is 338 g/mol. The summed E-state index contributed by atoms with van der Waals surface area (Å²) < 4.78 is 27.3. The topological polar surface area (TPSA) is 92.5 Å². The van der Waals surface area contributed by atoms with E-state index in [1.54, 1.807) is 32.9 Å². The molecule has 1 aromatic carbocycles. The molecule has 0 saturated carbocycles. The second kappa shape index (κ2) is 7.43. The van der Waals surface area contributed by atoms with Crippen molar-refractivity contribution >= 4 is 15.9 Å². The van der Waals surface area contributed by atoms with E-state index in [1.165, 1.54) is 12.1 Å². The van der Waals surface area contributed by atoms with Gasteiger partial charge < -0.3 is 10.6 Å². The predicted molar refractivity (Wildman–Crippen MR) is 98.8 cm³/mol. The van der Waals surface area contributed by atoms with Crippen LogP contribution < -0.4 is 10.5 Å². The van der Waals surface area contributed by atoms with Crippen LogP contribution in [-0.2, 0) is 10.0 Å². The quantitative estimate of drug-likeness (QED) is 0.852. The fourth-order valence-corrected chi connectivity index (χ4v) is 4.58. The molecule has 2 rings (SSSR count). The van der Waals surface area contributed by atoms with Gasteiger partial charge in [0.1, 0.15) is 0 Å². The summed E-state index contributed by atoms with van der Waals surface area (Å²) in [5.41, 5.74) is 5.96. The van der Waals surface area contributed by atoms with Crippen molar-refractivity contribution in [3.63, 3.8) is 0 Å². The van der Waals surface area contributed by atoms with Crippen molar-refractivity contribution in [3.8, 4) is 0 Å². The minimum atomic E-state index is -3.60. The number of carbonyl (C=O) groups is 1. The van der Waals surface area contributed by atoms with E-state index in [2.05, 4.69) is 4.72 Å². The lowest BCUT2D eigenvalue weighted by Crippen LogP contribution is -2.51. The molecule has 0 aromatic heterocycles. The van der Waals surface area contributed by atoms with Crippen molar-refractivity contribution < 1.29 is 13.2 Å². The average molecular weight is 368 g/mol. The highest BCUT2D eigenvalue weighted by atomic mass is 32.2. The molecule has 140 valence electrons. The third kappa shape index (κ3) is 5.03. The van der Waals surface area contributed by atoms with Crippen LogP contribution >= 0.6 is 0 Å². The van der Waals surface area contributed by atoms with Crippen LogP contribution in [0.25, 0.3) is 0 Å². The first-order valence-electron chi connectivity index (χ1n) is 8.72. The number of likely N-dealkylation sites (tertiary alicyclic amines) is 1. The molecule has 1 aromatic rings. The molecule has 0 spiro atoms. The van der Waals surface area contributed by atoms with Gasteiger partial charge in [0.2, 0.25) is 10.0 Å². The molecule has 6 nitrogen and oxygen atoms in total. The summed E-state index contributed by atoms with van der Waals surface area (Å²) in [7, 11) is -3.60. The Morgan fingerprint density at radius 1 is 1.24 bits per heavy atom. The minimum Gasteiger partial charge on any atom is -0.334 e. The van der Waals surface area contributed by atoms with E-state index in [4.69, 9.17) is 5.73 Å². The fraction of sp³-hybridized carbons (Fsp3) is 0.611. The first-order valence-corrected chi connectivity index (χ1v) is 10.2. The van der Waals surface area contributed by atoms with Crippen molar-refractivity contribution in [2.24, 2.45) is 5.73 Å². The van der Waals surface area contributed by atoms with Gasteiger partial charge in [-0.3, -0.25) is 4.79 Å². The van der Waals surface area contributed by atoms with E-state index in [-0.39, 0.29) is 22.9 Å². The third-order valence-corrected chi connectivity index (χ3v) is 6.04. The lowest BCUT2D eigenvalue weighted by Gasteiger charge is -2.38. The fourth-order valence-electron chi connectivity index (χ4n) is 3.16. The second-order valence-corrected chi connectivity index (χ2v) is 9.48. The van der Waals surface area contributed by atoms with Crippen molar-refractivity contribution in [2.75, 3.05) is 6.54 Å². The van der Waals surface area contributed by atoms with Gasteiger partial charge in [-0.05, 0) is 71.2 Å². The number of hydrogen-bond donors (Lipinski definition) is 2. The average Bonchev–Trinajstić information content (AvgIpc) is 2.52. The molecular formula is C18H29N3O3S. The van der Waals surface area contributed by atoms with Gasteiger partial charge in [-0.1, -0.05) is 0 Å². The first kappa shape index (κ1) is 19.9. The lowest BCUT2D eigenvalue weighted by atomic mass is 9.96. The number of nitrogens with two attached hydrogens (primary N) is 1. The Labute approximate surface area is 150 Å². The molecule has 0 bridgehead atoms. The predicted octanol–water partition coefficient (Wildman–Crippen LogP) is 2.11. The Balaban J connectivity index is 2.20. The van der Waals surface area contributed by atoms with E-state index in [9.17, 15) is 13.2 Å². The smallest absolute Gasteiger partial charge is 0.254 e. The monoisotopic (exact) mass is 367 g/mol. The van der Waals surface area contributed by atoms with Gasteiger partial charge in [0.05, 0.1) is 4.90 Å². The Kier molecular flexibility index (Phi) is 5.91. The van der Waals surface area contributed by atoms with Crippen LogP contribution in [0, 0.1) is 0 Å². The largest absolute Gasteiger partial charge is 0.334 e. The molecule has 1 aliphatic rings. The highest BCUT2D eigenvalue weighted by molar-refractivity contribution is 7.89. The maximum Gasteiger partial charge on any atom is 0.254 e. The van der Waals surface area contributed by atoms with E-state index in [1.807, 2.05) is 11.8 Å². The SMILES string of the molecule is CC(N)C1CCCCN1C(=O)c1ccc(S(=O)(=O)NC(C)(C)C)cc1. The van der Waals surface area contributed by atoms with Gasteiger partial charge in [0.15, 0.2) is 0 Å². The van der Waals surface area contributed by atoms with Crippen molar-refractivity contribution in [1.82, 2.24) is 9.62 Å². The molecule has 2 atom stereocenters.